The Hall–Kier alpha value is -0.560. The van der Waals surface area contributed by atoms with Gasteiger partial charge in [-0.25, -0.2) is 0 Å². The van der Waals surface area contributed by atoms with E-state index in [0.29, 0.717) is 0 Å². The van der Waals surface area contributed by atoms with Gasteiger partial charge in [0, 0.05) is 5.92 Å². The topological polar surface area (TPSA) is 20.2 Å². The van der Waals surface area contributed by atoms with Crippen LogP contribution in [-0.2, 0) is 0 Å². The summed E-state index contributed by atoms with van der Waals surface area (Å²) < 4.78 is 0. The van der Waals surface area contributed by atoms with Crippen LogP contribution in [0.5, 0.6) is 0 Å². The molecular weight excluding hydrogens is 148 g/mol. The molecule has 0 aromatic carbocycles. The van der Waals surface area contributed by atoms with Gasteiger partial charge >= 0.3 is 0 Å². The fourth-order valence-corrected chi connectivity index (χ4v) is 2.03. The molecular formula is C11H18O. The van der Waals surface area contributed by atoms with Crippen LogP contribution in [0, 0.1) is 5.92 Å². The summed E-state index contributed by atoms with van der Waals surface area (Å²) in [5.41, 5.74) is 0.215. The Morgan fingerprint density at radius 1 is 1.58 bits per heavy atom. The first-order chi connectivity index (χ1) is 5.61. The molecule has 0 aliphatic heterocycles. The van der Waals surface area contributed by atoms with E-state index < -0.39 is 5.60 Å². The summed E-state index contributed by atoms with van der Waals surface area (Å²) in [6.45, 7) is 9.52. The number of hydrogen-bond acceptors (Lipinski definition) is 1. The first-order valence-electron chi connectivity index (χ1n) is 4.62. The molecule has 1 aliphatic carbocycles. The van der Waals surface area contributed by atoms with Crippen LogP contribution in [0.2, 0.25) is 0 Å². The Balaban J connectivity index is 2.82. The largest absolute Gasteiger partial charge is 0.385 e. The molecule has 0 spiro atoms. The number of rotatable bonds is 2. The van der Waals surface area contributed by atoms with Crippen LogP contribution in [0.3, 0.4) is 0 Å². The van der Waals surface area contributed by atoms with Crippen molar-refractivity contribution in [3.8, 4) is 0 Å². The van der Waals surface area contributed by atoms with Crippen LogP contribution in [-0.4, -0.2) is 10.7 Å². The number of hydrogen-bond donors (Lipinski definition) is 1. The van der Waals surface area contributed by atoms with Crippen molar-refractivity contribution < 1.29 is 5.11 Å². The maximum Gasteiger partial charge on any atom is 0.0913 e. The summed E-state index contributed by atoms with van der Waals surface area (Å²) in [6, 6.07) is 0. The molecule has 1 rings (SSSR count). The van der Waals surface area contributed by atoms with Crippen LogP contribution < -0.4 is 0 Å². The molecule has 0 bridgehead atoms. The predicted molar refractivity (Wildman–Crippen MR) is 51.9 cm³/mol. The highest BCUT2D eigenvalue weighted by Gasteiger charge is 2.37. The van der Waals surface area contributed by atoms with Gasteiger partial charge in [0.25, 0.3) is 0 Å². The number of aliphatic hydroxyl groups is 1. The summed E-state index contributed by atoms with van der Waals surface area (Å²) in [4.78, 5) is 0. The Labute approximate surface area is 74.8 Å². The lowest BCUT2D eigenvalue weighted by molar-refractivity contribution is 0.00515. The van der Waals surface area contributed by atoms with E-state index >= 15 is 0 Å². The van der Waals surface area contributed by atoms with Gasteiger partial charge in [0.2, 0.25) is 0 Å². The van der Waals surface area contributed by atoms with Crippen molar-refractivity contribution in [2.45, 2.75) is 38.2 Å². The molecule has 0 amide bonds. The normalized spacial score (nSPS) is 36.0. The van der Waals surface area contributed by atoms with Crippen LogP contribution in [0.1, 0.15) is 32.6 Å². The predicted octanol–water partition coefficient (Wildman–Crippen LogP) is 2.67. The van der Waals surface area contributed by atoms with Gasteiger partial charge in [0.15, 0.2) is 0 Å². The molecule has 1 N–H and O–H groups in total. The van der Waals surface area contributed by atoms with Crippen molar-refractivity contribution in [2.24, 2.45) is 5.92 Å². The van der Waals surface area contributed by atoms with Crippen molar-refractivity contribution in [3.63, 3.8) is 0 Å². The quantitative estimate of drug-likeness (QED) is 0.625. The highest BCUT2D eigenvalue weighted by Crippen LogP contribution is 2.38. The lowest BCUT2D eigenvalue weighted by Crippen LogP contribution is -2.40. The SMILES string of the molecule is C=C[C@H]1CCCC[C@]1(O)C(=C)C. The van der Waals surface area contributed by atoms with Gasteiger partial charge in [0.1, 0.15) is 0 Å². The van der Waals surface area contributed by atoms with Crippen LogP contribution in [0.25, 0.3) is 0 Å². The molecule has 1 nitrogen and oxygen atoms in total. The maximum atomic E-state index is 10.2. The molecule has 1 heteroatoms. The second-order valence-electron chi connectivity index (χ2n) is 3.79. The lowest BCUT2D eigenvalue weighted by atomic mass is 9.72. The van der Waals surface area contributed by atoms with Crippen LogP contribution in [0.4, 0.5) is 0 Å². The minimum atomic E-state index is -0.667. The third-order valence-electron chi connectivity index (χ3n) is 2.96. The molecule has 0 unspecified atom stereocenters. The summed E-state index contributed by atoms with van der Waals surface area (Å²) in [5.74, 6) is 0.212. The summed E-state index contributed by atoms with van der Waals surface area (Å²) in [7, 11) is 0. The highest BCUT2D eigenvalue weighted by atomic mass is 16.3. The molecule has 12 heavy (non-hydrogen) atoms. The summed E-state index contributed by atoms with van der Waals surface area (Å²) >= 11 is 0. The van der Waals surface area contributed by atoms with Crippen molar-refractivity contribution in [2.75, 3.05) is 0 Å². The van der Waals surface area contributed by atoms with Gasteiger partial charge in [-0.1, -0.05) is 25.5 Å². The van der Waals surface area contributed by atoms with E-state index in [-0.39, 0.29) is 5.92 Å². The molecule has 0 aromatic rings. The average molecular weight is 166 g/mol. The van der Waals surface area contributed by atoms with Gasteiger partial charge in [-0.3, -0.25) is 0 Å². The lowest BCUT2D eigenvalue weighted by Gasteiger charge is -2.39. The van der Waals surface area contributed by atoms with E-state index in [4.69, 9.17) is 0 Å². The standard InChI is InChI=1S/C11H18O/c1-4-10-7-5-6-8-11(10,12)9(2)3/h4,10,12H,1-2,5-8H2,3H3/t10-,11-/m0/s1. The van der Waals surface area contributed by atoms with Crippen molar-refractivity contribution in [1.29, 1.82) is 0 Å². The van der Waals surface area contributed by atoms with Gasteiger partial charge in [-0.2, -0.15) is 0 Å². The van der Waals surface area contributed by atoms with E-state index in [2.05, 4.69) is 13.2 Å². The van der Waals surface area contributed by atoms with E-state index in [1.54, 1.807) is 0 Å². The fourth-order valence-electron chi connectivity index (χ4n) is 2.03. The highest BCUT2D eigenvalue weighted by molar-refractivity contribution is 5.16. The van der Waals surface area contributed by atoms with Gasteiger partial charge < -0.3 is 5.11 Å². The second kappa shape index (κ2) is 3.44. The van der Waals surface area contributed by atoms with E-state index in [9.17, 15) is 5.11 Å². The summed E-state index contributed by atoms with van der Waals surface area (Å²) in [5, 5.41) is 10.2. The molecule has 0 saturated heterocycles. The van der Waals surface area contributed by atoms with Crippen molar-refractivity contribution >= 4 is 0 Å². The Bertz CT molecular complexity index is 195. The average Bonchev–Trinajstić information content (AvgIpc) is 2.05. The molecule has 1 fully saturated rings. The van der Waals surface area contributed by atoms with Crippen LogP contribution >= 0.6 is 0 Å². The first-order valence-corrected chi connectivity index (χ1v) is 4.62. The van der Waals surface area contributed by atoms with Gasteiger partial charge in [-0.15, -0.1) is 6.58 Å². The second-order valence-corrected chi connectivity index (χ2v) is 3.79. The van der Waals surface area contributed by atoms with Gasteiger partial charge in [0.05, 0.1) is 5.60 Å². The Morgan fingerprint density at radius 2 is 2.25 bits per heavy atom. The Morgan fingerprint density at radius 3 is 2.67 bits per heavy atom. The molecule has 1 saturated carbocycles. The zero-order valence-corrected chi connectivity index (χ0v) is 7.84. The van der Waals surface area contributed by atoms with E-state index in [1.807, 2.05) is 13.0 Å². The molecule has 0 radical (unpaired) electrons. The fraction of sp³-hybridized carbons (Fsp3) is 0.636. The van der Waals surface area contributed by atoms with Crippen LogP contribution in [0.15, 0.2) is 24.8 Å². The monoisotopic (exact) mass is 166 g/mol. The molecule has 68 valence electrons. The maximum absolute atomic E-state index is 10.2. The Kier molecular flexibility index (Phi) is 2.73. The smallest absolute Gasteiger partial charge is 0.0913 e. The van der Waals surface area contributed by atoms with E-state index in [0.717, 1.165) is 24.8 Å². The summed E-state index contributed by atoms with van der Waals surface area (Å²) in [6.07, 6.45) is 6.07. The van der Waals surface area contributed by atoms with Gasteiger partial charge in [-0.05, 0) is 25.3 Å². The first kappa shape index (κ1) is 9.53. The zero-order valence-electron chi connectivity index (χ0n) is 7.84. The zero-order chi connectivity index (χ0) is 9.19. The molecule has 0 aromatic heterocycles. The third kappa shape index (κ3) is 1.46. The third-order valence-corrected chi connectivity index (χ3v) is 2.96. The van der Waals surface area contributed by atoms with Crippen molar-refractivity contribution in [1.82, 2.24) is 0 Å². The molecule has 2 atom stereocenters. The van der Waals surface area contributed by atoms with Crippen molar-refractivity contribution in [3.05, 3.63) is 24.8 Å². The minimum absolute atomic E-state index is 0.212. The van der Waals surface area contributed by atoms with E-state index in [1.165, 1.54) is 6.42 Å². The molecule has 0 heterocycles. The molecule has 1 aliphatic rings. The minimum Gasteiger partial charge on any atom is -0.385 e.